The van der Waals surface area contributed by atoms with Crippen LogP contribution in [-0.2, 0) is 0 Å². The molecule has 0 saturated carbocycles. The standard InChI is InChI=1S/C15H13ClF3N/c1-2-20-15(9-5-11(18)7-12(19)6-9)13-8-10(17)3-4-14(13)16/h3-8,15,20H,2H2,1H3. The summed E-state index contributed by atoms with van der Waals surface area (Å²) >= 11 is 6.06. The summed E-state index contributed by atoms with van der Waals surface area (Å²) in [6.45, 7) is 2.38. The van der Waals surface area contributed by atoms with Crippen LogP contribution >= 0.6 is 11.6 Å². The van der Waals surface area contributed by atoms with E-state index in [1.54, 1.807) is 0 Å². The van der Waals surface area contributed by atoms with Crippen LogP contribution in [0.15, 0.2) is 36.4 Å². The molecule has 106 valence electrons. The minimum absolute atomic E-state index is 0.335. The van der Waals surface area contributed by atoms with Gasteiger partial charge < -0.3 is 5.32 Å². The zero-order chi connectivity index (χ0) is 14.7. The summed E-state index contributed by atoms with van der Waals surface area (Å²) in [4.78, 5) is 0. The van der Waals surface area contributed by atoms with Crippen LogP contribution in [0.1, 0.15) is 24.1 Å². The molecule has 0 spiro atoms. The summed E-state index contributed by atoms with van der Waals surface area (Å²) in [5, 5.41) is 3.39. The second kappa shape index (κ2) is 6.29. The molecule has 1 nitrogen and oxygen atoms in total. The van der Waals surface area contributed by atoms with Crippen LogP contribution in [0.3, 0.4) is 0 Å². The summed E-state index contributed by atoms with van der Waals surface area (Å²) in [5.41, 5.74) is 0.801. The number of halogens is 4. The molecule has 2 aromatic carbocycles. The van der Waals surface area contributed by atoms with Crippen LogP contribution in [0, 0.1) is 17.5 Å². The van der Waals surface area contributed by atoms with E-state index in [2.05, 4.69) is 5.32 Å². The molecule has 0 heterocycles. The summed E-state index contributed by atoms with van der Waals surface area (Å²) in [6.07, 6.45) is 0. The van der Waals surface area contributed by atoms with Crippen molar-refractivity contribution in [2.75, 3.05) is 6.54 Å². The fourth-order valence-electron chi connectivity index (χ4n) is 2.09. The van der Waals surface area contributed by atoms with E-state index in [0.29, 0.717) is 22.7 Å². The van der Waals surface area contributed by atoms with Gasteiger partial charge in [-0.15, -0.1) is 0 Å². The molecule has 2 aromatic rings. The molecule has 5 heteroatoms. The Morgan fingerprint density at radius 1 is 1.00 bits per heavy atom. The van der Waals surface area contributed by atoms with Gasteiger partial charge in [-0.25, -0.2) is 13.2 Å². The van der Waals surface area contributed by atoms with E-state index >= 15 is 0 Å². The molecule has 0 amide bonds. The average Bonchev–Trinajstić information content (AvgIpc) is 2.38. The van der Waals surface area contributed by atoms with E-state index in [9.17, 15) is 13.2 Å². The Kier molecular flexibility index (Phi) is 4.68. The van der Waals surface area contributed by atoms with E-state index in [1.165, 1.54) is 30.3 Å². The van der Waals surface area contributed by atoms with Crippen LogP contribution in [-0.4, -0.2) is 6.54 Å². The molecule has 0 aliphatic heterocycles. The molecule has 1 atom stereocenters. The lowest BCUT2D eigenvalue weighted by molar-refractivity contribution is 0.563. The lowest BCUT2D eigenvalue weighted by Gasteiger charge is -2.20. The first-order chi connectivity index (χ1) is 9.51. The van der Waals surface area contributed by atoms with E-state index in [0.717, 1.165) is 6.07 Å². The number of hydrogen-bond donors (Lipinski definition) is 1. The van der Waals surface area contributed by atoms with Crippen molar-refractivity contribution in [1.29, 1.82) is 0 Å². The van der Waals surface area contributed by atoms with E-state index < -0.39 is 23.5 Å². The van der Waals surface area contributed by atoms with Gasteiger partial charge in [-0.3, -0.25) is 0 Å². The highest BCUT2D eigenvalue weighted by Gasteiger charge is 2.18. The summed E-state index contributed by atoms with van der Waals surface area (Å²) in [7, 11) is 0. The molecule has 0 radical (unpaired) electrons. The van der Waals surface area contributed by atoms with Gasteiger partial charge in [-0.05, 0) is 48.0 Å². The van der Waals surface area contributed by atoms with Crippen molar-refractivity contribution >= 4 is 11.6 Å². The lowest BCUT2D eigenvalue weighted by Crippen LogP contribution is -2.22. The highest BCUT2D eigenvalue weighted by atomic mass is 35.5. The largest absolute Gasteiger partial charge is 0.306 e. The Labute approximate surface area is 120 Å². The second-order valence-electron chi connectivity index (χ2n) is 4.36. The highest BCUT2D eigenvalue weighted by molar-refractivity contribution is 6.31. The van der Waals surface area contributed by atoms with Gasteiger partial charge in [0, 0.05) is 11.1 Å². The molecular weight excluding hydrogens is 287 g/mol. The highest BCUT2D eigenvalue weighted by Crippen LogP contribution is 2.29. The van der Waals surface area contributed by atoms with Gasteiger partial charge in [0.25, 0.3) is 0 Å². The maximum absolute atomic E-state index is 13.4. The van der Waals surface area contributed by atoms with Gasteiger partial charge in [0.1, 0.15) is 17.5 Å². The lowest BCUT2D eigenvalue weighted by atomic mass is 9.98. The Bertz CT molecular complexity index is 596. The predicted molar refractivity (Wildman–Crippen MR) is 73.3 cm³/mol. The molecule has 1 N–H and O–H groups in total. The first kappa shape index (κ1) is 14.9. The van der Waals surface area contributed by atoms with Crippen molar-refractivity contribution < 1.29 is 13.2 Å². The molecular formula is C15H13ClF3N. The summed E-state index contributed by atoms with van der Waals surface area (Å²) < 4.78 is 40.1. The average molecular weight is 300 g/mol. The van der Waals surface area contributed by atoms with Gasteiger partial charge in [0.15, 0.2) is 0 Å². The fourth-order valence-corrected chi connectivity index (χ4v) is 2.32. The molecule has 0 aromatic heterocycles. The third-order valence-corrected chi connectivity index (χ3v) is 3.24. The Balaban J connectivity index is 2.52. The number of nitrogens with one attached hydrogen (secondary N) is 1. The third kappa shape index (κ3) is 3.32. The molecule has 2 rings (SSSR count). The van der Waals surface area contributed by atoms with Crippen molar-refractivity contribution in [3.63, 3.8) is 0 Å². The Morgan fingerprint density at radius 2 is 1.65 bits per heavy atom. The molecule has 0 saturated heterocycles. The van der Waals surface area contributed by atoms with Crippen LogP contribution in [0.25, 0.3) is 0 Å². The van der Waals surface area contributed by atoms with Crippen LogP contribution in [0.5, 0.6) is 0 Å². The number of benzene rings is 2. The van der Waals surface area contributed by atoms with Crippen LogP contribution in [0.2, 0.25) is 5.02 Å². The van der Waals surface area contributed by atoms with Crippen LogP contribution < -0.4 is 5.32 Å². The molecule has 0 bridgehead atoms. The maximum atomic E-state index is 13.4. The normalized spacial score (nSPS) is 12.4. The van der Waals surface area contributed by atoms with Gasteiger partial charge in [0.05, 0.1) is 6.04 Å². The van der Waals surface area contributed by atoms with Crippen molar-refractivity contribution in [1.82, 2.24) is 5.32 Å². The van der Waals surface area contributed by atoms with Gasteiger partial charge in [-0.1, -0.05) is 18.5 Å². The molecule has 0 fully saturated rings. The SMILES string of the molecule is CCNC(c1cc(F)cc(F)c1)c1cc(F)ccc1Cl. The molecule has 1 unspecified atom stereocenters. The van der Waals surface area contributed by atoms with E-state index in [1.807, 2.05) is 6.92 Å². The van der Waals surface area contributed by atoms with Gasteiger partial charge >= 0.3 is 0 Å². The van der Waals surface area contributed by atoms with Crippen molar-refractivity contribution in [2.24, 2.45) is 0 Å². The third-order valence-electron chi connectivity index (χ3n) is 2.90. The number of rotatable bonds is 4. The van der Waals surface area contributed by atoms with E-state index in [-0.39, 0.29) is 0 Å². The minimum atomic E-state index is -0.685. The van der Waals surface area contributed by atoms with Crippen molar-refractivity contribution in [3.8, 4) is 0 Å². The maximum Gasteiger partial charge on any atom is 0.126 e. The van der Waals surface area contributed by atoms with Crippen molar-refractivity contribution in [3.05, 3.63) is 70.0 Å². The fraction of sp³-hybridized carbons (Fsp3) is 0.200. The second-order valence-corrected chi connectivity index (χ2v) is 4.77. The topological polar surface area (TPSA) is 12.0 Å². The molecule has 20 heavy (non-hydrogen) atoms. The molecule has 0 aliphatic rings. The number of hydrogen-bond acceptors (Lipinski definition) is 1. The smallest absolute Gasteiger partial charge is 0.126 e. The van der Waals surface area contributed by atoms with E-state index in [4.69, 9.17) is 11.6 Å². The predicted octanol–water partition coefficient (Wildman–Crippen LogP) is 4.46. The summed E-state index contributed by atoms with van der Waals surface area (Å²) in [6, 6.07) is 6.55. The Hall–Kier alpha value is -1.52. The monoisotopic (exact) mass is 299 g/mol. The molecule has 0 aliphatic carbocycles. The minimum Gasteiger partial charge on any atom is -0.306 e. The zero-order valence-electron chi connectivity index (χ0n) is 10.8. The van der Waals surface area contributed by atoms with Gasteiger partial charge in [0.2, 0.25) is 0 Å². The quantitative estimate of drug-likeness (QED) is 0.879. The zero-order valence-corrected chi connectivity index (χ0v) is 11.5. The van der Waals surface area contributed by atoms with Gasteiger partial charge in [-0.2, -0.15) is 0 Å². The first-order valence-electron chi connectivity index (χ1n) is 6.15. The summed E-state index contributed by atoms with van der Waals surface area (Å²) in [5.74, 6) is -1.82. The van der Waals surface area contributed by atoms with Crippen LogP contribution in [0.4, 0.5) is 13.2 Å². The first-order valence-corrected chi connectivity index (χ1v) is 6.53. The Morgan fingerprint density at radius 3 is 2.25 bits per heavy atom. The van der Waals surface area contributed by atoms with Crippen molar-refractivity contribution in [2.45, 2.75) is 13.0 Å².